The van der Waals surface area contributed by atoms with Gasteiger partial charge in [0.25, 0.3) is 11.8 Å². The highest BCUT2D eigenvalue weighted by Gasteiger charge is 2.19. The molecule has 1 unspecified atom stereocenters. The first kappa shape index (κ1) is 18.1. The van der Waals surface area contributed by atoms with Gasteiger partial charge in [0, 0.05) is 10.7 Å². The molecular weight excluding hydrogens is 356 g/mol. The summed E-state index contributed by atoms with van der Waals surface area (Å²) in [6.07, 6.45) is -0.711. The molecule has 0 bridgehead atoms. The largest absolute Gasteiger partial charge is 0.482 e. The van der Waals surface area contributed by atoms with E-state index in [1.807, 2.05) is 13.8 Å². The third-order valence-electron chi connectivity index (χ3n) is 3.97. The third-order valence-corrected chi connectivity index (χ3v) is 4.57. The molecule has 0 fully saturated rings. The normalized spacial score (nSPS) is 13.9. The van der Waals surface area contributed by atoms with Gasteiger partial charge in [-0.25, -0.2) is 0 Å². The molecule has 2 N–H and O–H groups in total. The molecule has 0 saturated heterocycles. The Bertz CT molecular complexity index is 859. The van der Waals surface area contributed by atoms with Crippen LogP contribution in [0.1, 0.15) is 18.1 Å². The van der Waals surface area contributed by atoms with Crippen LogP contribution in [0, 0.1) is 13.8 Å². The predicted octanol–water partition coefficient (Wildman–Crippen LogP) is 3.69. The number of benzene rings is 2. The average molecular weight is 375 g/mol. The van der Waals surface area contributed by atoms with Crippen LogP contribution in [-0.2, 0) is 9.59 Å². The molecule has 136 valence electrons. The number of halogens is 1. The fourth-order valence-electron chi connectivity index (χ4n) is 2.64. The minimum Gasteiger partial charge on any atom is -0.482 e. The van der Waals surface area contributed by atoms with Gasteiger partial charge in [-0.2, -0.15) is 0 Å². The second-order valence-electron chi connectivity index (χ2n) is 6.17. The number of fused-ring (bicyclic) bond motifs is 1. The van der Waals surface area contributed by atoms with Gasteiger partial charge in [-0.05, 0) is 62.2 Å². The van der Waals surface area contributed by atoms with Gasteiger partial charge in [0.1, 0.15) is 11.5 Å². The number of anilines is 2. The lowest BCUT2D eigenvalue weighted by Gasteiger charge is -2.20. The Kier molecular flexibility index (Phi) is 5.04. The van der Waals surface area contributed by atoms with Gasteiger partial charge >= 0.3 is 0 Å². The summed E-state index contributed by atoms with van der Waals surface area (Å²) in [5, 5.41) is 6.16. The van der Waals surface area contributed by atoms with E-state index in [2.05, 4.69) is 10.6 Å². The van der Waals surface area contributed by atoms with E-state index in [1.165, 1.54) is 0 Å². The Balaban J connectivity index is 1.68. The zero-order valence-electron chi connectivity index (χ0n) is 14.7. The topological polar surface area (TPSA) is 76.7 Å². The van der Waals surface area contributed by atoms with Gasteiger partial charge in [0.2, 0.25) is 0 Å². The first-order valence-corrected chi connectivity index (χ1v) is 8.52. The number of carbonyl (C=O) groups is 2. The molecule has 1 heterocycles. The number of carbonyl (C=O) groups excluding carboxylic acids is 2. The molecule has 1 aliphatic rings. The van der Waals surface area contributed by atoms with Crippen molar-refractivity contribution in [3.8, 4) is 11.5 Å². The van der Waals surface area contributed by atoms with Gasteiger partial charge in [-0.15, -0.1) is 0 Å². The molecule has 1 aliphatic heterocycles. The standard InChI is InChI=1S/C19H19ClN2O4/c1-10-6-14(7-11(2)18(10)20)26-12(3)19(24)21-13-4-5-16-15(8-13)22-17(23)9-25-16/h4-8,12H,9H2,1-3H3,(H,21,24)(H,22,23). The highest BCUT2D eigenvalue weighted by molar-refractivity contribution is 6.32. The zero-order valence-corrected chi connectivity index (χ0v) is 15.4. The number of nitrogens with one attached hydrogen (secondary N) is 2. The maximum absolute atomic E-state index is 12.4. The minimum atomic E-state index is -0.711. The van der Waals surface area contributed by atoms with Crippen molar-refractivity contribution in [2.24, 2.45) is 0 Å². The van der Waals surface area contributed by atoms with Crippen LogP contribution in [-0.4, -0.2) is 24.5 Å². The molecule has 6 nitrogen and oxygen atoms in total. The summed E-state index contributed by atoms with van der Waals surface area (Å²) in [4.78, 5) is 23.8. The zero-order chi connectivity index (χ0) is 18.8. The summed E-state index contributed by atoms with van der Waals surface area (Å²) in [6, 6.07) is 8.64. The van der Waals surface area contributed by atoms with E-state index < -0.39 is 6.10 Å². The number of ether oxygens (including phenoxy) is 2. The van der Waals surface area contributed by atoms with Gasteiger partial charge in [-0.1, -0.05) is 11.6 Å². The first-order valence-electron chi connectivity index (χ1n) is 8.14. The monoisotopic (exact) mass is 374 g/mol. The van der Waals surface area contributed by atoms with Crippen molar-refractivity contribution < 1.29 is 19.1 Å². The smallest absolute Gasteiger partial charge is 0.265 e. The number of aryl methyl sites for hydroxylation is 2. The predicted molar refractivity (Wildman–Crippen MR) is 100 cm³/mol. The lowest BCUT2D eigenvalue weighted by Crippen LogP contribution is -2.30. The number of rotatable bonds is 4. The molecule has 2 aromatic rings. The maximum atomic E-state index is 12.4. The molecule has 0 aromatic heterocycles. The molecule has 0 spiro atoms. The van der Waals surface area contributed by atoms with E-state index in [0.717, 1.165) is 11.1 Å². The molecule has 3 rings (SSSR count). The molecule has 2 aromatic carbocycles. The Hall–Kier alpha value is -2.73. The van der Waals surface area contributed by atoms with Crippen LogP contribution >= 0.6 is 11.6 Å². The number of hydrogen-bond acceptors (Lipinski definition) is 4. The molecule has 7 heteroatoms. The summed E-state index contributed by atoms with van der Waals surface area (Å²) in [6.45, 7) is 5.42. The molecule has 2 amide bonds. The van der Waals surface area contributed by atoms with Crippen LogP contribution in [0.15, 0.2) is 30.3 Å². The van der Waals surface area contributed by atoms with Crippen molar-refractivity contribution in [3.63, 3.8) is 0 Å². The highest BCUT2D eigenvalue weighted by atomic mass is 35.5. The lowest BCUT2D eigenvalue weighted by molar-refractivity contribution is -0.122. The lowest BCUT2D eigenvalue weighted by atomic mass is 10.1. The summed E-state index contributed by atoms with van der Waals surface area (Å²) in [7, 11) is 0. The molecule has 1 atom stereocenters. The molecule has 0 aliphatic carbocycles. The highest BCUT2D eigenvalue weighted by Crippen LogP contribution is 2.31. The van der Waals surface area contributed by atoms with E-state index in [1.54, 1.807) is 37.3 Å². The van der Waals surface area contributed by atoms with Gasteiger partial charge < -0.3 is 20.1 Å². The van der Waals surface area contributed by atoms with Gasteiger partial charge in [0.05, 0.1) is 5.69 Å². The van der Waals surface area contributed by atoms with Crippen molar-refractivity contribution in [2.45, 2.75) is 26.9 Å². The van der Waals surface area contributed by atoms with Crippen LogP contribution in [0.25, 0.3) is 0 Å². The number of hydrogen-bond donors (Lipinski definition) is 2. The van der Waals surface area contributed by atoms with Crippen molar-refractivity contribution >= 4 is 34.8 Å². The number of amides is 2. The van der Waals surface area contributed by atoms with E-state index in [4.69, 9.17) is 21.1 Å². The average Bonchev–Trinajstić information content (AvgIpc) is 2.59. The Labute approximate surface area is 156 Å². The second-order valence-corrected chi connectivity index (χ2v) is 6.55. The van der Waals surface area contributed by atoms with Crippen LogP contribution in [0.5, 0.6) is 11.5 Å². The van der Waals surface area contributed by atoms with Crippen LogP contribution in [0.4, 0.5) is 11.4 Å². The van der Waals surface area contributed by atoms with E-state index in [0.29, 0.717) is 27.9 Å². The molecule has 0 saturated carbocycles. The Morgan fingerprint density at radius 1 is 1.27 bits per heavy atom. The van der Waals surface area contributed by atoms with Crippen molar-refractivity contribution in [2.75, 3.05) is 17.2 Å². The third kappa shape index (κ3) is 3.91. The van der Waals surface area contributed by atoms with E-state index in [9.17, 15) is 9.59 Å². The summed E-state index contributed by atoms with van der Waals surface area (Å²) >= 11 is 6.15. The van der Waals surface area contributed by atoms with E-state index >= 15 is 0 Å². The van der Waals surface area contributed by atoms with Crippen LogP contribution < -0.4 is 20.1 Å². The fourth-order valence-corrected chi connectivity index (χ4v) is 2.75. The molecule has 0 radical (unpaired) electrons. The van der Waals surface area contributed by atoms with Crippen molar-refractivity contribution in [1.82, 2.24) is 0 Å². The minimum absolute atomic E-state index is 0.0104. The SMILES string of the molecule is Cc1cc(OC(C)C(=O)Nc2ccc3c(c2)NC(=O)CO3)cc(C)c1Cl. The summed E-state index contributed by atoms with van der Waals surface area (Å²) in [5.74, 6) is 0.613. The van der Waals surface area contributed by atoms with E-state index in [-0.39, 0.29) is 18.4 Å². The van der Waals surface area contributed by atoms with Gasteiger partial charge in [-0.3, -0.25) is 9.59 Å². The second kappa shape index (κ2) is 7.25. The summed E-state index contributed by atoms with van der Waals surface area (Å²) < 4.78 is 11.0. The van der Waals surface area contributed by atoms with Crippen molar-refractivity contribution in [1.29, 1.82) is 0 Å². The van der Waals surface area contributed by atoms with Crippen LogP contribution in [0.3, 0.4) is 0 Å². The Morgan fingerprint density at radius 2 is 1.96 bits per heavy atom. The first-order chi connectivity index (χ1) is 12.3. The molecular formula is C19H19ClN2O4. The fraction of sp³-hybridized carbons (Fsp3) is 0.263. The molecule has 26 heavy (non-hydrogen) atoms. The van der Waals surface area contributed by atoms with Crippen LogP contribution in [0.2, 0.25) is 5.02 Å². The quantitative estimate of drug-likeness (QED) is 0.855. The summed E-state index contributed by atoms with van der Waals surface area (Å²) in [5.41, 5.74) is 2.84. The maximum Gasteiger partial charge on any atom is 0.265 e. The van der Waals surface area contributed by atoms with Crippen molar-refractivity contribution in [3.05, 3.63) is 46.5 Å². The van der Waals surface area contributed by atoms with Gasteiger partial charge in [0.15, 0.2) is 12.7 Å². The Morgan fingerprint density at radius 3 is 2.65 bits per heavy atom.